The average molecular weight is 388 g/mol. The summed E-state index contributed by atoms with van der Waals surface area (Å²) in [6.45, 7) is 0. The lowest BCUT2D eigenvalue weighted by Gasteiger charge is -2.22. The number of carbonyl (C=O) groups is 2. The second-order valence-electron chi connectivity index (χ2n) is 5.15. The van der Waals surface area contributed by atoms with Crippen molar-refractivity contribution in [2.24, 2.45) is 11.7 Å². The molecule has 0 aliphatic rings. The Kier molecular flexibility index (Phi) is 6.55. The monoisotopic (exact) mass is 388 g/mol. The molecule has 3 unspecified atom stereocenters. The molecule has 3 atom stereocenters. The van der Waals surface area contributed by atoms with E-state index in [-0.39, 0.29) is 0 Å². The summed E-state index contributed by atoms with van der Waals surface area (Å²) >= 11 is 0. The molecule has 1 aromatic rings. The number of aliphatic carboxylic acids is 1. The van der Waals surface area contributed by atoms with Crippen LogP contribution in [0.3, 0.4) is 0 Å². The van der Waals surface area contributed by atoms with Crippen LogP contribution in [-0.2, 0) is 20.6 Å². The first-order chi connectivity index (χ1) is 11.5. The summed E-state index contributed by atoms with van der Waals surface area (Å²) in [5.74, 6) is -16.4. The molecule has 138 valence electrons. The number of carboxylic acid groups (broad SMARTS) is 1. The largest absolute Gasteiger partial charge is 0.481 e. The molecule has 0 spiro atoms. The van der Waals surface area contributed by atoms with Crippen molar-refractivity contribution in [3.05, 3.63) is 34.6 Å². The van der Waals surface area contributed by atoms with Crippen LogP contribution in [-0.4, -0.2) is 27.4 Å². The van der Waals surface area contributed by atoms with Gasteiger partial charge in [-0.1, -0.05) is 4.57 Å². The molecule has 1 aromatic carbocycles. The van der Waals surface area contributed by atoms with Crippen LogP contribution in [0.4, 0.5) is 22.0 Å². The van der Waals surface area contributed by atoms with E-state index in [4.69, 9.17) is 10.8 Å². The molecule has 1 amide bonds. The van der Waals surface area contributed by atoms with Crippen LogP contribution >= 0.6 is 8.46 Å². The van der Waals surface area contributed by atoms with Crippen molar-refractivity contribution in [3.8, 4) is 0 Å². The molecule has 0 saturated carbocycles. The second-order valence-corrected chi connectivity index (χ2v) is 6.22. The molecule has 0 heterocycles. The highest BCUT2D eigenvalue weighted by Gasteiger charge is 2.51. The van der Waals surface area contributed by atoms with E-state index in [0.717, 1.165) is 0 Å². The van der Waals surface area contributed by atoms with Gasteiger partial charge in [0, 0.05) is 12.0 Å². The van der Waals surface area contributed by atoms with Crippen LogP contribution < -0.4 is 5.73 Å². The Balaban J connectivity index is 3.38. The van der Waals surface area contributed by atoms with Gasteiger partial charge in [0.05, 0.1) is 6.42 Å². The fourth-order valence-corrected chi connectivity index (χ4v) is 2.82. The number of carboxylic acids is 1. The number of halogens is 5. The normalized spacial score (nSPS) is 15.0. The second kappa shape index (κ2) is 7.83. The van der Waals surface area contributed by atoms with Crippen LogP contribution in [0, 0.1) is 35.0 Å². The van der Waals surface area contributed by atoms with Crippen molar-refractivity contribution in [1.82, 2.24) is 0 Å². The Morgan fingerprint density at radius 3 is 1.84 bits per heavy atom. The van der Waals surface area contributed by atoms with E-state index in [2.05, 4.69) is 0 Å². The first-order valence-corrected chi connectivity index (χ1v) is 7.50. The lowest BCUT2D eigenvalue weighted by atomic mass is 9.90. The van der Waals surface area contributed by atoms with Gasteiger partial charge in [0.2, 0.25) is 11.7 Å². The molecule has 4 N–H and O–H groups in total. The van der Waals surface area contributed by atoms with Gasteiger partial charge in [0.15, 0.2) is 23.3 Å². The standard InChI is InChI=1S/C13H11F5NO5P/c14-7-4(8(15)10(17)11(18)9(7)16)3-13(23,25-24)5(12(21)22)1-2-6(19)20/h5,23H,1-3H2,(H2,19,20)(H,21,22)/p+1. The third-order valence-electron chi connectivity index (χ3n) is 3.48. The minimum absolute atomic E-state index is 0.582. The molecule has 0 aliphatic heterocycles. The van der Waals surface area contributed by atoms with Gasteiger partial charge in [-0.2, -0.15) is 0 Å². The van der Waals surface area contributed by atoms with Crippen LogP contribution in [0.2, 0.25) is 0 Å². The molecule has 0 aromatic heterocycles. The Hall–Kier alpha value is -2.13. The Morgan fingerprint density at radius 2 is 1.48 bits per heavy atom. The maximum absolute atomic E-state index is 13.7. The molecule has 1 rings (SSSR count). The first-order valence-electron chi connectivity index (χ1n) is 6.59. The summed E-state index contributed by atoms with van der Waals surface area (Å²) in [5, 5.41) is 16.4. The number of rotatable bonds is 8. The van der Waals surface area contributed by atoms with Crippen molar-refractivity contribution in [2.75, 3.05) is 0 Å². The predicted molar refractivity (Wildman–Crippen MR) is 73.4 cm³/mol. The van der Waals surface area contributed by atoms with E-state index in [1.54, 1.807) is 0 Å². The number of hydrogen-bond donors (Lipinski definition) is 3. The third kappa shape index (κ3) is 4.29. The zero-order valence-electron chi connectivity index (χ0n) is 12.3. The predicted octanol–water partition coefficient (Wildman–Crippen LogP) is 1.60. The zero-order chi connectivity index (χ0) is 19.5. The van der Waals surface area contributed by atoms with E-state index in [1.807, 2.05) is 0 Å². The number of aliphatic hydroxyl groups is 1. The molecular weight excluding hydrogens is 376 g/mol. The summed E-state index contributed by atoms with van der Waals surface area (Å²) in [6.07, 6.45) is -2.69. The minimum atomic E-state index is -2.89. The number of primary amides is 1. The fraction of sp³-hybridized carbons (Fsp3) is 0.385. The summed E-state index contributed by atoms with van der Waals surface area (Å²) in [6, 6.07) is 0. The van der Waals surface area contributed by atoms with Crippen LogP contribution in [0.5, 0.6) is 0 Å². The van der Waals surface area contributed by atoms with Gasteiger partial charge in [-0.25, -0.2) is 22.0 Å². The summed E-state index contributed by atoms with van der Waals surface area (Å²) in [5.41, 5.74) is 3.31. The van der Waals surface area contributed by atoms with E-state index in [9.17, 15) is 41.2 Å². The molecule has 0 aliphatic carbocycles. The van der Waals surface area contributed by atoms with Crippen molar-refractivity contribution in [3.63, 3.8) is 0 Å². The molecule has 25 heavy (non-hydrogen) atoms. The first kappa shape index (κ1) is 20.9. The van der Waals surface area contributed by atoms with Gasteiger partial charge >= 0.3 is 14.4 Å². The Labute approximate surface area is 138 Å². The lowest BCUT2D eigenvalue weighted by Crippen LogP contribution is -2.40. The average Bonchev–Trinajstić information content (AvgIpc) is 2.54. The molecule has 0 saturated heterocycles. The van der Waals surface area contributed by atoms with Gasteiger partial charge in [-0.3, -0.25) is 9.59 Å². The maximum atomic E-state index is 13.7. The van der Waals surface area contributed by atoms with E-state index >= 15 is 0 Å². The molecule has 6 nitrogen and oxygen atoms in total. The topological polar surface area (TPSA) is 118 Å². The van der Waals surface area contributed by atoms with Crippen molar-refractivity contribution < 1.29 is 46.3 Å². The number of amides is 1. The number of benzene rings is 1. The van der Waals surface area contributed by atoms with Gasteiger partial charge < -0.3 is 15.9 Å². The van der Waals surface area contributed by atoms with Gasteiger partial charge in [0.1, 0.15) is 5.92 Å². The molecule has 0 bridgehead atoms. The van der Waals surface area contributed by atoms with Crippen molar-refractivity contribution >= 4 is 20.3 Å². The minimum Gasteiger partial charge on any atom is -0.481 e. The molecule has 0 fully saturated rings. The highest BCUT2D eigenvalue weighted by molar-refractivity contribution is 7.25. The lowest BCUT2D eigenvalue weighted by molar-refractivity contribution is -0.147. The van der Waals surface area contributed by atoms with Gasteiger partial charge in [-0.05, 0) is 6.42 Å². The number of nitrogens with two attached hydrogens (primary N) is 1. The third-order valence-corrected chi connectivity index (χ3v) is 4.36. The fourth-order valence-electron chi connectivity index (χ4n) is 2.16. The smallest absolute Gasteiger partial charge is 0.360 e. The number of carbonyl (C=O) groups excluding carboxylic acids is 1. The summed E-state index contributed by atoms with van der Waals surface area (Å²) in [4.78, 5) is 22.0. The summed E-state index contributed by atoms with van der Waals surface area (Å²) < 4.78 is 78.1. The van der Waals surface area contributed by atoms with Crippen LogP contribution in [0.25, 0.3) is 0 Å². The van der Waals surface area contributed by atoms with E-state index in [1.165, 1.54) is 0 Å². The van der Waals surface area contributed by atoms with Crippen molar-refractivity contribution in [1.29, 1.82) is 0 Å². The maximum Gasteiger partial charge on any atom is 0.360 e. The Morgan fingerprint density at radius 1 is 1.04 bits per heavy atom. The molecule has 0 radical (unpaired) electrons. The van der Waals surface area contributed by atoms with Gasteiger partial charge in [0.25, 0.3) is 5.34 Å². The molecular formula is C13H12F5NO5P+. The zero-order valence-corrected chi connectivity index (χ0v) is 13.3. The molecule has 12 heteroatoms. The summed E-state index contributed by atoms with van der Waals surface area (Å²) in [7, 11) is -1.91. The van der Waals surface area contributed by atoms with E-state index < -0.39 is 85.5 Å². The highest BCUT2D eigenvalue weighted by Crippen LogP contribution is 2.38. The number of hydrogen-bond acceptors (Lipinski definition) is 4. The van der Waals surface area contributed by atoms with E-state index in [0.29, 0.717) is 0 Å². The quantitative estimate of drug-likeness (QED) is 0.271. The Bertz CT molecular complexity index is 702. The van der Waals surface area contributed by atoms with Crippen LogP contribution in [0.15, 0.2) is 0 Å². The van der Waals surface area contributed by atoms with Crippen LogP contribution in [0.1, 0.15) is 18.4 Å². The van der Waals surface area contributed by atoms with Crippen molar-refractivity contribution in [2.45, 2.75) is 24.6 Å². The highest BCUT2D eigenvalue weighted by atomic mass is 31.1. The van der Waals surface area contributed by atoms with Gasteiger partial charge in [-0.15, -0.1) is 0 Å². The SMILES string of the molecule is NC(=O)CCC(C(=O)O)C(O)(Cc1c(F)c(F)c(F)c(F)c1F)[PH+]=O.